The first-order valence-electron chi connectivity index (χ1n) is 6.01. The van der Waals surface area contributed by atoms with Crippen molar-refractivity contribution in [1.82, 2.24) is 5.32 Å². The van der Waals surface area contributed by atoms with Crippen LogP contribution >= 0.6 is 0 Å². The van der Waals surface area contributed by atoms with Crippen LogP contribution in [-0.2, 0) is 0 Å². The second-order valence-electron chi connectivity index (χ2n) is 4.62. The third-order valence-corrected chi connectivity index (χ3v) is 3.29. The molecule has 0 heterocycles. The van der Waals surface area contributed by atoms with Crippen LogP contribution in [0.2, 0.25) is 0 Å². The summed E-state index contributed by atoms with van der Waals surface area (Å²) in [4.78, 5) is 0. The first-order chi connectivity index (χ1) is 6.27. The van der Waals surface area contributed by atoms with Crippen molar-refractivity contribution in [3.8, 4) is 0 Å². The Hall–Kier alpha value is -0.0400. The fourth-order valence-corrected chi connectivity index (χ4v) is 1.98. The molecule has 0 aromatic carbocycles. The van der Waals surface area contributed by atoms with E-state index in [2.05, 4.69) is 26.1 Å². The molecule has 1 saturated carbocycles. The van der Waals surface area contributed by atoms with Crippen molar-refractivity contribution in [2.75, 3.05) is 6.54 Å². The highest BCUT2D eigenvalue weighted by atomic mass is 14.9. The van der Waals surface area contributed by atoms with Gasteiger partial charge in [-0.05, 0) is 44.1 Å². The fraction of sp³-hybridized carbons (Fsp3) is 1.00. The van der Waals surface area contributed by atoms with E-state index in [1.807, 2.05) is 0 Å². The molecule has 1 aliphatic carbocycles. The second kappa shape index (κ2) is 5.64. The summed E-state index contributed by atoms with van der Waals surface area (Å²) in [5, 5.41) is 3.69. The van der Waals surface area contributed by atoms with Gasteiger partial charge in [0.1, 0.15) is 0 Å². The summed E-state index contributed by atoms with van der Waals surface area (Å²) in [6.07, 6.45) is 6.89. The summed E-state index contributed by atoms with van der Waals surface area (Å²) in [6, 6.07) is 0.770. The van der Waals surface area contributed by atoms with Crippen LogP contribution in [0.25, 0.3) is 0 Å². The van der Waals surface area contributed by atoms with Crippen molar-refractivity contribution in [3.63, 3.8) is 0 Å². The molecule has 0 aromatic heterocycles. The van der Waals surface area contributed by atoms with Gasteiger partial charge in [0.05, 0.1) is 0 Å². The molecule has 0 spiro atoms. The first-order valence-corrected chi connectivity index (χ1v) is 6.01. The zero-order valence-corrected chi connectivity index (χ0v) is 9.47. The summed E-state index contributed by atoms with van der Waals surface area (Å²) >= 11 is 0. The highest BCUT2D eigenvalue weighted by Crippen LogP contribution is 2.36. The van der Waals surface area contributed by atoms with Crippen molar-refractivity contribution < 1.29 is 0 Å². The van der Waals surface area contributed by atoms with Gasteiger partial charge in [0.25, 0.3) is 0 Å². The average molecular weight is 183 g/mol. The van der Waals surface area contributed by atoms with Gasteiger partial charge < -0.3 is 5.32 Å². The van der Waals surface area contributed by atoms with Gasteiger partial charge in [-0.3, -0.25) is 0 Å². The van der Waals surface area contributed by atoms with Crippen molar-refractivity contribution in [2.45, 2.75) is 58.9 Å². The predicted octanol–water partition coefficient (Wildman–Crippen LogP) is 3.20. The molecular formula is C12H25N. The molecule has 0 aliphatic heterocycles. The van der Waals surface area contributed by atoms with E-state index in [4.69, 9.17) is 0 Å². The van der Waals surface area contributed by atoms with Gasteiger partial charge in [-0.1, -0.05) is 27.2 Å². The molecule has 2 atom stereocenters. The maximum absolute atomic E-state index is 3.69. The smallest absolute Gasteiger partial charge is 0.00644 e. The summed E-state index contributed by atoms with van der Waals surface area (Å²) in [6.45, 7) is 8.19. The quantitative estimate of drug-likeness (QED) is 0.639. The molecule has 78 valence electrons. The van der Waals surface area contributed by atoms with E-state index >= 15 is 0 Å². The number of hydrogen-bond donors (Lipinski definition) is 1. The van der Waals surface area contributed by atoms with Crippen LogP contribution in [0.5, 0.6) is 0 Å². The summed E-state index contributed by atoms with van der Waals surface area (Å²) < 4.78 is 0. The van der Waals surface area contributed by atoms with Crippen molar-refractivity contribution in [2.24, 2.45) is 11.8 Å². The standard InChI is InChI=1S/C12H25N/c1-4-6-12(5-2)13-9-10(3)11-7-8-11/h10-13H,4-9H2,1-3H3. The average Bonchev–Trinajstić information content (AvgIpc) is 2.94. The lowest BCUT2D eigenvalue weighted by Crippen LogP contribution is -2.32. The molecule has 1 fully saturated rings. The van der Waals surface area contributed by atoms with Crippen LogP contribution in [0.15, 0.2) is 0 Å². The van der Waals surface area contributed by atoms with E-state index in [1.54, 1.807) is 0 Å². The van der Waals surface area contributed by atoms with Crippen molar-refractivity contribution >= 4 is 0 Å². The van der Waals surface area contributed by atoms with Crippen LogP contribution < -0.4 is 5.32 Å². The summed E-state index contributed by atoms with van der Waals surface area (Å²) in [7, 11) is 0. The van der Waals surface area contributed by atoms with Crippen LogP contribution in [-0.4, -0.2) is 12.6 Å². The fourth-order valence-electron chi connectivity index (χ4n) is 1.98. The molecule has 0 aromatic rings. The minimum Gasteiger partial charge on any atom is -0.314 e. The van der Waals surface area contributed by atoms with Gasteiger partial charge in [-0.15, -0.1) is 0 Å². The predicted molar refractivity (Wildman–Crippen MR) is 58.9 cm³/mol. The van der Waals surface area contributed by atoms with Gasteiger partial charge in [-0.25, -0.2) is 0 Å². The Morgan fingerprint density at radius 1 is 1.31 bits per heavy atom. The number of hydrogen-bond acceptors (Lipinski definition) is 1. The van der Waals surface area contributed by atoms with Crippen LogP contribution in [0.1, 0.15) is 52.9 Å². The lowest BCUT2D eigenvalue weighted by Gasteiger charge is -2.19. The Bertz CT molecular complexity index is 129. The Kier molecular flexibility index (Phi) is 4.79. The molecule has 2 unspecified atom stereocenters. The highest BCUT2D eigenvalue weighted by molar-refractivity contribution is 4.80. The molecule has 1 nitrogen and oxygen atoms in total. The summed E-state index contributed by atoms with van der Waals surface area (Å²) in [5.41, 5.74) is 0. The SMILES string of the molecule is CCCC(CC)NCC(C)C1CC1. The van der Waals surface area contributed by atoms with Gasteiger partial charge in [0.2, 0.25) is 0 Å². The Morgan fingerprint density at radius 3 is 2.46 bits per heavy atom. The molecule has 0 bridgehead atoms. The molecule has 13 heavy (non-hydrogen) atoms. The van der Waals surface area contributed by atoms with E-state index in [1.165, 1.54) is 38.6 Å². The lowest BCUT2D eigenvalue weighted by molar-refractivity contribution is 0.393. The minimum absolute atomic E-state index is 0.770. The first kappa shape index (κ1) is 11.0. The lowest BCUT2D eigenvalue weighted by atomic mass is 10.0. The molecular weight excluding hydrogens is 158 g/mol. The second-order valence-corrected chi connectivity index (χ2v) is 4.62. The topological polar surface area (TPSA) is 12.0 Å². The Labute approximate surface area is 83.3 Å². The van der Waals surface area contributed by atoms with E-state index in [-0.39, 0.29) is 0 Å². The third kappa shape index (κ3) is 4.12. The summed E-state index contributed by atoms with van der Waals surface area (Å²) in [5.74, 6) is 1.96. The third-order valence-electron chi connectivity index (χ3n) is 3.29. The van der Waals surface area contributed by atoms with Gasteiger partial charge in [0, 0.05) is 6.04 Å². The van der Waals surface area contributed by atoms with E-state index in [9.17, 15) is 0 Å². The molecule has 1 heteroatoms. The number of rotatable bonds is 7. The van der Waals surface area contributed by atoms with E-state index < -0.39 is 0 Å². The molecule has 1 N–H and O–H groups in total. The Morgan fingerprint density at radius 2 is 2.00 bits per heavy atom. The van der Waals surface area contributed by atoms with Crippen LogP contribution in [0.4, 0.5) is 0 Å². The highest BCUT2D eigenvalue weighted by Gasteiger charge is 2.27. The van der Waals surface area contributed by atoms with Crippen molar-refractivity contribution in [3.05, 3.63) is 0 Å². The zero-order chi connectivity index (χ0) is 9.68. The maximum atomic E-state index is 3.69. The monoisotopic (exact) mass is 183 g/mol. The van der Waals surface area contributed by atoms with Crippen molar-refractivity contribution in [1.29, 1.82) is 0 Å². The molecule has 1 aliphatic rings. The van der Waals surface area contributed by atoms with E-state index in [0.717, 1.165) is 17.9 Å². The van der Waals surface area contributed by atoms with Crippen LogP contribution in [0, 0.1) is 11.8 Å². The van der Waals surface area contributed by atoms with Gasteiger partial charge in [0.15, 0.2) is 0 Å². The molecule has 0 radical (unpaired) electrons. The molecule has 0 saturated heterocycles. The van der Waals surface area contributed by atoms with E-state index in [0.29, 0.717) is 0 Å². The minimum atomic E-state index is 0.770. The zero-order valence-electron chi connectivity index (χ0n) is 9.47. The van der Waals surface area contributed by atoms with Gasteiger partial charge >= 0.3 is 0 Å². The van der Waals surface area contributed by atoms with Gasteiger partial charge in [-0.2, -0.15) is 0 Å². The normalized spacial score (nSPS) is 21.5. The molecule has 1 rings (SSSR count). The Balaban J connectivity index is 2.06. The van der Waals surface area contributed by atoms with Crippen LogP contribution in [0.3, 0.4) is 0 Å². The largest absolute Gasteiger partial charge is 0.314 e. The maximum Gasteiger partial charge on any atom is 0.00644 e. The number of nitrogens with one attached hydrogen (secondary N) is 1. The molecule has 0 amide bonds.